The molecule has 6 heteroatoms. The van der Waals surface area contributed by atoms with Crippen molar-refractivity contribution < 1.29 is 14.6 Å². The summed E-state index contributed by atoms with van der Waals surface area (Å²) in [6.07, 6.45) is 0. The minimum Gasteiger partial charge on any atom is -0.481 e. The minimum atomic E-state index is -0.901. The zero-order chi connectivity index (χ0) is 14.4. The third-order valence-corrected chi connectivity index (χ3v) is 3.20. The molecule has 0 amide bonds. The lowest BCUT2D eigenvalue weighted by Gasteiger charge is -2.07. The predicted molar refractivity (Wildman–Crippen MR) is 77.0 cm³/mol. The highest BCUT2D eigenvalue weighted by molar-refractivity contribution is 7.99. The Hall–Kier alpha value is -2.08. The van der Waals surface area contributed by atoms with E-state index in [9.17, 15) is 4.79 Å². The van der Waals surface area contributed by atoms with Crippen molar-refractivity contribution in [2.45, 2.75) is 12.1 Å². The Bertz CT molecular complexity index is 590. The second kappa shape index (κ2) is 6.91. The lowest BCUT2D eigenvalue weighted by atomic mass is 10.1. The number of hydrogen-bond donors (Lipinski definition) is 1. The van der Waals surface area contributed by atoms with Gasteiger partial charge >= 0.3 is 5.97 Å². The van der Waals surface area contributed by atoms with E-state index in [0.29, 0.717) is 17.6 Å². The summed E-state index contributed by atoms with van der Waals surface area (Å²) in [5, 5.41) is 9.13. The van der Waals surface area contributed by atoms with Crippen molar-refractivity contribution in [1.82, 2.24) is 9.97 Å². The Labute approximate surface area is 121 Å². The molecule has 1 heterocycles. The molecule has 1 aromatic heterocycles. The topological polar surface area (TPSA) is 72.3 Å². The van der Waals surface area contributed by atoms with Gasteiger partial charge in [-0.15, -0.1) is 0 Å². The molecule has 20 heavy (non-hydrogen) atoms. The van der Waals surface area contributed by atoms with Crippen LogP contribution >= 0.6 is 11.8 Å². The first-order valence-electron chi connectivity index (χ1n) is 6.11. The number of nitrogens with zero attached hydrogens (tertiary/aromatic N) is 2. The molecule has 0 saturated carbocycles. The van der Waals surface area contributed by atoms with Gasteiger partial charge < -0.3 is 9.84 Å². The predicted octanol–water partition coefficient (Wildman–Crippen LogP) is 2.72. The first kappa shape index (κ1) is 14.3. The first-order chi connectivity index (χ1) is 9.69. The van der Waals surface area contributed by atoms with Crippen molar-refractivity contribution in [3.05, 3.63) is 36.4 Å². The molecule has 0 fully saturated rings. The van der Waals surface area contributed by atoms with Gasteiger partial charge in [-0.1, -0.05) is 42.1 Å². The second-order valence-corrected chi connectivity index (χ2v) is 4.80. The van der Waals surface area contributed by atoms with Gasteiger partial charge in [0.2, 0.25) is 5.88 Å². The standard InChI is InChI=1S/C14H14N2O3S/c1-2-19-12-8-11(10-6-4-3-5-7-10)15-14(16-12)20-9-13(17)18/h3-8H,2,9H2,1H3,(H,17,18). The lowest BCUT2D eigenvalue weighted by Crippen LogP contribution is -2.02. The summed E-state index contributed by atoms with van der Waals surface area (Å²) in [4.78, 5) is 19.2. The molecule has 0 aliphatic rings. The maximum absolute atomic E-state index is 10.6. The second-order valence-electron chi connectivity index (χ2n) is 3.86. The highest BCUT2D eigenvalue weighted by Gasteiger charge is 2.09. The highest BCUT2D eigenvalue weighted by atomic mass is 32.2. The third kappa shape index (κ3) is 3.96. The van der Waals surface area contributed by atoms with Crippen molar-refractivity contribution in [2.75, 3.05) is 12.4 Å². The van der Waals surface area contributed by atoms with E-state index in [1.165, 1.54) is 0 Å². The van der Waals surface area contributed by atoms with Gasteiger partial charge in [-0.25, -0.2) is 4.98 Å². The van der Waals surface area contributed by atoms with E-state index in [0.717, 1.165) is 23.0 Å². The zero-order valence-electron chi connectivity index (χ0n) is 10.9. The molecule has 0 bridgehead atoms. The van der Waals surface area contributed by atoms with Crippen LogP contribution in [0, 0.1) is 0 Å². The summed E-state index contributed by atoms with van der Waals surface area (Å²) in [5.74, 6) is -0.528. The summed E-state index contributed by atoms with van der Waals surface area (Å²) < 4.78 is 5.40. The third-order valence-electron chi connectivity index (χ3n) is 2.37. The lowest BCUT2D eigenvalue weighted by molar-refractivity contribution is -0.133. The molecule has 104 valence electrons. The Morgan fingerprint density at radius 1 is 1.30 bits per heavy atom. The molecule has 0 spiro atoms. The largest absolute Gasteiger partial charge is 0.481 e. The molecule has 1 aromatic carbocycles. The van der Waals surface area contributed by atoms with E-state index < -0.39 is 5.97 Å². The van der Waals surface area contributed by atoms with E-state index in [1.54, 1.807) is 6.07 Å². The van der Waals surface area contributed by atoms with Gasteiger partial charge in [-0.05, 0) is 6.92 Å². The summed E-state index contributed by atoms with van der Waals surface area (Å²) >= 11 is 1.08. The van der Waals surface area contributed by atoms with Crippen LogP contribution in [0.2, 0.25) is 0 Å². The number of hydrogen-bond acceptors (Lipinski definition) is 5. The molecule has 0 atom stereocenters. The van der Waals surface area contributed by atoms with Crippen molar-refractivity contribution in [1.29, 1.82) is 0 Å². The quantitative estimate of drug-likeness (QED) is 0.651. The van der Waals surface area contributed by atoms with Gasteiger partial charge in [0.15, 0.2) is 5.16 Å². The van der Waals surface area contributed by atoms with Gasteiger partial charge in [0, 0.05) is 11.6 Å². The average Bonchev–Trinajstić information content (AvgIpc) is 2.46. The number of carboxylic acid groups (broad SMARTS) is 1. The van der Waals surface area contributed by atoms with Gasteiger partial charge in [0.25, 0.3) is 0 Å². The number of ether oxygens (including phenoxy) is 1. The molecule has 0 aliphatic carbocycles. The zero-order valence-corrected chi connectivity index (χ0v) is 11.8. The van der Waals surface area contributed by atoms with Crippen LogP contribution in [-0.2, 0) is 4.79 Å². The molecular weight excluding hydrogens is 276 g/mol. The Kier molecular flexibility index (Phi) is 4.95. The van der Waals surface area contributed by atoms with Crippen molar-refractivity contribution in [2.24, 2.45) is 0 Å². The molecule has 0 aliphatic heterocycles. The number of carboxylic acids is 1. The number of carbonyl (C=O) groups is 1. The number of rotatable bonds is 6. The van der Waals surface area contributed by atoms with Crippen LogP contribution in [0.4, 0.5) is 0 Å². The Morgan fingerprint density at radius 3 is 2.70 bits per heavy atom. The summed E-state index contributed by atoms with van der Waals surface area (Å²) in [5.41, 5.74) is 1.66. The van der Waals surface area contributed by atoms with Crippen LogP contribution in [0.15, 0.2) is 41.6 Å². The normalized spacial score (nSPS) is 10.2. The van der Waals surface area contributed by atoms with Crippen LogP contribution in [-0.4, -0.2) is 33.4 Å². The van der Waals surface area contributed by atoms with Gasteiger partial charge in [0.1, 0.15) is 0 Å². The summed E-state index contributed by atoms with van der Waals surface area (Å²) in [6, 6.07) is 11.4. The fraction of sp³-hybridized carbons (Fsp3) is 0.214. The number of aromatic nitrogens is 2. The molecule has 2 aromatic rings. The smallest absolute Gasteiger partial charge is 0.313 e. The van der Waals surface area contributed by atoms with E-state index in [-0.39, 0.29) is 5.75 Å². The van der Waals surface area contributed by atoms with Gasteiger partial charge in [-0.2, -0.15) is 4.98 Å². The van der Waals surface area contributed by atoms with E-state index >= 15 is 0 Å². The van der Waals surface area contributed by atoms with Crippen LogP contribution in [0.1, 0.15) is 6.92 Å². The summed E-state index contributed by atoms with van der Waals surface area (Å²) in [7, 11) is 0. The molecule has 2 rings (SSSR count). The maximum atomic E-state index is 10.6. The maximum Gasteiger partial charge on any atom is 0.313 e. The highest BCUT2D eigenvalue weighted by Crippen LogP contribution is 2.24. The van der Waals surface area contributed by atoms with Crippen molar-refractivity contribution >= 4 is 17.7 Å². The fourth-order valence-electron chi connectivity index (χ4n) is 1.57. The number of benzene rings is 1. The number of thioether (sulfide) groups is 1. The van der Waals surface area contributed by atoms with E-state index in [2.05, 4.69) is 9.97 Å². The average molecular weight is 290 g/mol. The van der Waals surface area contributed by atoms with Crippen LogP contribution in [0.5, 0.6) is 5.88 Å². The number of aliphatic carboxylic acids is 1. The Balaban J connectivity index is 2.33. The van der Waals surface area contributed by atoms with Crippen molar-refractivity contribution in [3.63, 3.8) is 0 Å². The van der Waals surface area contributed by atoms with E-state index in [4.69, 9.17) is 9.84 Å². The van der Waals surface area contributed by atoms with Gasteiger partial charge in [0.05, 0.1) is 18.1 Å². The molecule has 0 saturated heterocycles. The summed E-state index contributed by atoms with van der Waals surface area (Å²) in [6.45, 7) is 2.36. The molecule has 0 unspecified atom stereocenters. The Morgan fingerprint density at radius 2 is 2.05 bits per heavy atom. The molecule has 1 N–H and O–H groups in total. The fourth-order valence-corrected chi connectivity index (χ4v) is 2.14. The van der Waals surface area contributed by atoms with E-state index in [1.807, 2.05) is 37.3 Å². The molecule has 5 nitrogen and oxygen atoms in total. The first-order valence-corrected chi connectivity index (χ1v) is 7.09. The monoisotopic (exact) mass is 290 g/mol. The van der Waals surface area contributed by atoms with Gasteiger partial charge in [-0.3, -0.25) is 4.79 Å². The minimum absolute atomic E-state index is 0.0796. The SMILES string of the molecule is CCOc1cc(-c2ccccc2)nc(SCC(=O)O)n1. The molecule has 0 radical (unpaired) electrons. The van der Waals surface area contributed by atoms with Crippen molar-refractivity contribution in [3.8, 4) is 17.1 Å². The van der Waals surface area contributed by atoms with Crippen LogP contribution in [0.3, 0.4) is 0 Å². The molecular formula is C14H14N2O3S. The van der Waals surface area contributed by atoms with Crippen LogP contribution < -0.4 is 4.74 Å². The van der Waals surface area contributed by atoms with Crippen LogP contribution in [0.25, 0.3) is 11.3 Å².